The van der Waals surface area contributed by atoms with E-state index in [9.17, 15) is 4.79 Å². The van der Waals surface area contributed by atoms with E-state index < -0.39 is 18.6 Å². The monoisotopic (exact) mass is 261 g/mol. The average molecular weight is 261 g/mol. The van der Waals surface area contributed by atoms with Gasteiger partial charge in [0, 0.05) is 22.2 Å². The first-order chi connectivity index (χ1) is 9.02. The van der Waals surface area contributed by atoms with Crippen LogP contribution in [-0.4, -0.2) is 33.8 Å². The van der Waals surface area contributed by atoms with Crippen molar-refractivity contribution in [2.24, 2.45) is 0 Å². The lowest BCUT2D eigenvalue weighted by Crippen LogP contribution is -2.33. The van der Waals surface area contributed by atoms with Crippen LogP contribution in [0.25, 0.3) is 10.8 Å². The number of aliphatic carboxylic acids is 1. The van der Waals surface area contributed by atoms with Crippen molar-refractivity contribution in [2.75, 3.05) is 17.7 Å². The quantitative estimate of drug-likeness (QED) is 0.611. The Bertz CT molecular complexity index is 628. The molecule has 1 atom stereocenters. The van der Waals surface area contributed by atoms with Gasteiger partial charge < -0.3 is 21.3 Å². The first-order valence-corrected chi connectivity index (χ1v) is 5.79. The number of benzene rings is 1. The van der Waals surface area contributed by atoms with Crippen LogP contribution in [0.1, 0.15) is 5.69 Å². The van der Waals surface area contributed by atoms with Gasteiger partial charge in [0.05, 0.1) is 6.61 Å². The second-order valence-corrected chi connectivity index (χ2v) is 4.27. The highest BCUT2D eigenvalue weighted by Gasteiger charge is 2.18. The maximum atomic E-state index is 10.9. The molecular weight excluding hydrogens is 246 g/mol. The van der Waals surface area contributed by atoms with Gasteiger partial charge in [-0.2, -0.15) is 0 Å². The fourth-order valence-corrected chi connectivity index (χ4v) is 1.89. The Morgan fingerprint density at radius 3 is 2.84 bits per heavy atom. The molecule has 0 saturated heterocycles. The topological polar surface area (TPSA) is 108 Å². The highest BCUT2D eigenvalue weighted by atomic mass is 16.4. The van der Waals surface area contributed by atoms with Crippen LogP contribution in [0, 0.1) is 6.92 Å². The second kappa shape index (κ2) is 5.11. The van der Waals surface area contributed by atoms with Crippen LogP contribution in [0.4, 0.5) is 11.5 Å². The number of aromatic nitrogens is 1. The van der Waals surface area contributed by atoms with Crippen LogP contribution in [0.5, 0.6) is 0 Å². The van der Waals surface area contributed by atoms with Crippen LogP contribution < -0.4 is 11.1 Å². The van der Waals surface area contributed by atoms with Gasteiger partial charge in [0.15, 0.2) is 0 Å². The SMILES string of the molecule is Cc1cc2c(N)cccc2c(NC(CO)C(=O)O)n1. The maximum absolute atomic E-state index is 10.9. The van der Waals surface area contributed by atoms with E-state index in [1.807, 2.05) is 6.07 Å². The average Bonchev–Trinajstić information content (AvgIpc) is 2.36. The summed E-state index contributed by atoms with van der Waals surface area (Å²) in [5.74, 6) is -0.730. The first-order valence-electron chi connectivity index (χ1n) is 5.79. The zero-order valence-corrected chi connectivity index (χ0v) is 10.4. The van der Waals surface area contributed by atoms with Gasteiger partial charge in [0.1, 0.15) is 11.9 Å². The number of carboxylic acid groups (broad SMARTS) is 1. The summed E-state index contributed by atoms with van der Waals surface area (Å²) in [5.41, 5.74) is 7.21. The Kier molecular flexibility index (Phi) is 3.52. The van der Waals surface area contributed by atoms with Gasteiger partial charge in [-0.05, 0) is 19.1 Å². The predicted molar refractivity (Wildman–Crippen MR) is 73.0 cm³/mol. The minimum atomic E-state index is -1.14. The highest BCUT2D eigenvalue weighted by Crippen LogP contribution is 2.27. The molecular formula is C13H15N3O3. The van der Waals surface area contributed by atoms with E-state index in [1.165, 1.54) is 0 Å². The molecule has 0 aliphatic carbocycles. The number of aryl methyl sites for hydroxylation is 1. The van der Waals surface area contributed by atoms with Gasteiger partial charge in [-0.25, -0.2) is 9.78 Å². The van der Waals surface area contributed by atoms with Crippen molar-refractivity contribution < 1.29 is 15.0 Å². The number of fused-ring (bicyclic) bond motifs is 1. The minimum Gasteiger partial charge on any atom is -0.480 e. The summed E-state index contributed by atoms with van der Waals surface area (Å²) >= 11 is 0. The van der Waals surface area contributed by atoms with Crippen LogP contribution in [-0.2, 0) is 4.79 Å². The molecule has 2 aromatic rings. The minimum absolute atomic E-state index is 0.406. The molecule has 0 aliphatic heterocycles. The van der Waals surface area contributed by atoms with Crippen LogP contribution in [0.3, 0.4) is 0 Å². The zero-order chi connectivity index (χ0) is 14.0. The molecule has 0 fully saturated rings. The second-order valence-electron chi connectivity index (χ2n) is 4.27. The summed E-state index contributed by atoms with van der Waals surface area (Å²) in [7, 11) is 0. The van der Waals surface area contributed by atoms with Gasteiger partial charge in [-0.1, -0.05) is 12.1 Å². The largest absolute Gasteiger partial charge is 0.480 e. The number of nitrogens with one attached hydrogen (secondary N) is 1. The van der Waals surface area contributed by atoms with Crippen molar-refractivity contribution in [3.8, 4) is 0 Å². The molecule has 0 radical (unpaired) electrons. The number of hydrogen-bond donors (Lipinski definition) is 4. The highest BCUT2D eigenvalue weighted by molar-refractivity contribution is 6.00. The van der Waals surface area contributed by atoms with Gasteiger partial charge in [0.2, 0.25) is 0 Å². The van der Waals surface area contributed by atoms with Crippen LogP contribution >= 0.6 is 0 Å². The Labute approximate surface area is 109 Å². The van der Waals surface area contributed by atoms with E-state index in [0.717, 1.165) is 16.5 Å². The van der Waals surface area contributed by atoms with Gasteiger partial charge >= 0.3 is 5.97 Å². The lowest BCUT2D eigenvalue weighted by Gasteiger charge is -2.15. The Hall–Kier alpha value is -2.34. The fraction of sp³-hybridized carbons (Fsp3) is 0.231. The number of hydrogen-bond acceptors (Lipinski definition) is 5. The molecule has 0 amide bonds. The molecule has 19 heavy (non-hydrogen) atoms. The number of aliphatic hydroxyl groups is 1. The van der Waals surface area contributed by atoms with Crippen LogP contribution in [0.2, 0.25) is 0 Å². The van der Waals surface area contributed by atoms with E-state index in [-0.39, 0.29) is 0 Å². The lowest BCUT2D eigenvalue weighted by molar-refractivity contribution is -0.138. The molecule has 1 aromatic heterocycles. The molecule has 6 nitrogen and oxygen atoms in total. The van der Waals surface area contributed by atoms with E-state index in [4.69, 9.17) is 15.9 Å². The fourth-order valence-electron chi connectivity index (χ4n) is 1.89. The summed E-state index contributed by atoms with van der Waals surface area (Å²) in [6, 6.07) is 6.08. The van der Waals surface area contributed by atoms with Gasteiger partial charge in [-0.3, -0.25) is 0 Å². The summed E-state index contributed by atoms with van der Waals surface area (Å²) in [4.78, 5) is 15.2. The Balaban J connectivity index is 2.53. The Morgan fingerprint density at radius 2 is 2.21 bits per heavy atom. The normalized spacial score (nSPS) is 12.3. The van der Waals surface area contributed by atoms with Crippen molar-refractivity contribution in [3.63, 3.8) is 0 Å². The molecule has 1 unspecified atom stereocenters. The van der Waals surface area contributed by atoms with Crippen LogP contribution in [0.15, 0.2) is 24.3 Å². The van der Waals surface area contributed by atoms with E-state index in [0.29, 0.717) is 11.5 Å². The predicted octanol–water partition coefficient (Wildman–Crippen LogP) is 0.983. The van der Waals surface area contributed by atoms with Crippen molar-refractivity contribution in [3.05, 3.63) is 30.0 Å². The first kappa shape index (κ1) is 13.1. The summed E-state index contributed by atoms with van der Waals surface area (Å²) in [6.07, 6.45) is 0. The zero-order valence-electron chi connectivity index (χ0n) is 10.4. The number of pyridine rings is 1. The number of aliphatic hydroxyl groups excluding tert-OH is 1. The molecule has 5 N–H and O–H groups in total. The van der Waals surface area contributed by atoms with E-state index in [1.54, 1.807) is 25.1 Å². The third-order valence-electron chi connectivity index (χ3n) is 2.83. The number of nitrogen functional groups attached to an aromatic ring is 1. The molecule has 6 heteroatoms. The third kappa shape index (κ3) is 2.58. The molecule has 0 saturated carbocycles. The van der Waals surface area contributed by atoms with E-state index >= 15 is 0 Å². The van der Waals surface area contributed by atoms with Crippen molar-refractivity contribution in [1.29, 1.82) is 0 Å². The van der Waals surface area contributed by atoms with Crippen molar-refractivity contribution >= 4 is 28.2 Å². The molecule has 2 rings (SSSR count). The smallest absolute Gasteiger partial charge is 0.328 e. The molecule has 1 heterocycles. The molecule has 0 bridgehead atoms. The van der Waals surface area contributed by atoms with E-state index in [2.05, 4.69) is 10.3 Å². The molecule has 0 aliphatic rings. The summed E-state index contributed by atoms with van der Waals surface area (Å²) in [5, 5.41) is 22.3. The summed E-state index contributed by atoms with van der Waals surface area (Å²) in [6.45, 7) is 1.28. The standard InChI is InChI=1S/C13H15N3O3/c1-7-5-9-8(3-2-4-10(9)14)12(15-7)16-11(6-17)13(18)19/h2-5,11,17H,6,14H2,1H3,(H,15,16)(H,18,19). The van der Waals surface area contributed by atoms with Crippen molar-refractivity contribution in [1.82, 2.24) is 4.98 Å². The number of rotatable bonds is 4. The third-order valence-corrected chi connectivity index (χ3v) is 2.83. The number of nitrogens with two attached hydrogens (primary N) is 1. The molecule has 100 valence electrons. The number of carbonyl (C=O) groups is 1. The lowest BCUT2D eigenvalue weighted by atomic mass is 10.1. The Morgan fingerprint density at radius 1 is 1.47 bits per heavy atom. The molecule has 0 spiro atoms. The van der Waals surface area contributed by atoms with Gasteiger partial charge in [0.25, 0.3) is 0 Å². The summed E-state index contributed by atoms with van der Waals surface area (Å²) < 4.78 is 0. The van der Waals surface area contributed by atoms with Gasteiger partial charge in [-0.15, -0.1) is 0 Å². The number of anilines is 2. The number of nitrogens with zero attached hydrogens (tertiary/aromatic N) is 1. The number of carboxylic acids is 1. The molecule has 1 aromatic carbocycles. The van der Waals surface area contributed by atoms with Crippen molar-refractivity contribution in [2.45, 2.75) is 13.0 Å². The maximum Gasteiger partial charge on any atom is 0.328 e.